The van der Waals surface area contributed by atoms with E-state index in [-0.39, 0.29) is 15.7 Å². The second kappa shape index (κ2) is 10.9. The van der Waals surface area contributed by atoms with Crippen LogP contribution in [0.5, 0.6) is 5.75 Å². The van der Waals surface area contributed by atoms with Gasteiger partial charge in [0.15, 0.2) is 0 Å². The van der Waals surface area contributed by atoms with Gasteiger partial charge in [-0.3, -0.25) is 4.79 Å². The third kappa shape index (κ3) is 6.20. The van der Waals surface area contributed by atoms with Crippen molar-refractivity contribution in [3.8, 4) is 5.75 Å². The quantitative estimate of drug-likeness (QED) is 0.249. The number of carbonyl (C=O) groups excluding carboxylic acids is 1. The molecule has 5 nitrogen and oxygen atoms in total. The molecule has 0 unspecified atom stereocenters. The lowest BCUT2D eigenvalue weighted by atomic mass is 9.97. The Balaban J connectivity index is 1.56. The maximum Gasteiger partial charge on any atom is 0.268 e. The van der Waals surface area contributed by atoms with Crippen molar-refractivity contribution in [1.29, 1.82) is 0 Å². The summed E-state index contributed by atoms with van der Waals surface area (Å²) in [5.74, 6) is -0.760. The summed E-state index contributed by atoms with van der Waals surface area (Å²) in [5.41, 5.74) is 2.66. The van der Waals surface area contributed by atoms with Crippen LogP contribution in [0.1, 0.15) is 16.7 Å². The monoisotopic (exact) mass is 559 g/mol. The molecular weight excluding hydrogens is 541 g/mol. The van der Waals surface area contributed by atoms with E-state index in [1.54, 1.807) is 12.1 Å². The summed E-state index contributed by atoms with van der Waals surface area (Å²) in [7, 11) is -2.89. The highest BCUT2D eigenvalue weighted by atomic mass is 35.5. The molecular formula is C27H20Cl3NO4S. The topological polar surface area (TPSA) is 72.5 Å². The van der Waals surface area contributed by atoms with Crippen LogP contribution in [-0.4, -0.2) is 21.4 Å². The number of carbonyl (C=O) groups is 1. The zero-order valence-corrected chi connectivity index (χ0v) is 22.0. The summed E-state index contributed by atoms with van der Waals surface area (Å²) in [6.45, 7) is 0. The van der Waals surface area contributed by atoms with Gasteiger partial charge in [-0.05, 0) is 82.4 Å². The summed E-state index contributed by atoms with van der Waals surface area (Å²) in [4.78, 5) is 12.3. The van der Waals surface area contributed by atoms with Gasteiger partial charge in [-0.15, -0.1) is 0 Å². The Bertz CT molecular complexity index is 1600. The molecule has 0 aromatic heterocycles. The number of fused-ring (bicyclic) bond motifs is 1. The van der Waals surface area contributed by atoms with E-state index >= 15 is 0 Å². The van der Waals surface area contributed by atoms with Gasteiger partial charge in [0.05, 0.1) is 7.11 Å². The predicted molar refractivity (Wildman–Crippen MR) is 146 cm³/mol. The number of halogens is 3. The molecule has 0 aliphatic carbocycles. The molecule has 1 N–H and O–H groups in total. The first kappa shape index (κ1) is 26.0. The average molecular weight is 561 g/mol. The van der Waals surface area contributed by atoms with E-state index in [1.165, 1.54) is 31.4 Å². The normalized spacial score (nSPS) is 11.7. The molecule has 0 saturated heterocycles. The van der Waals surface area contributed by atoms with Gasteiger partial charge in [-0.1, -0.05) is 65.1 Å². The molecule has 0 atom stereocenters. The first-order valence-corrected chi connectivity index (χ1v) is 13.3. The van der Waals surface area contributed by atoms with Gasteiger partial charge in [0, 0.05) is 21.1 Å². The van der Waals surface area contributed by atoms with E-state index in [1.807, 2.05) is 41.1 Å². The maximum absolute atomic E-state index is 12.7. The number of nitrogens with one attached hydrogen (secondary N) is 1. The van der Waals surface area contributed by atoms with E-state index in [2.05, 4.69) is 6.07 Å². The molecule has 4 rings (SSSR count). The number of hydrogen-bond donors (Lipinski definition) is 1. The molecule has 0 fully saturated rings. The molecule has 0 bridgehead atoms. The van der Waals surface area contributed by atoms with Gasteiger partial charge < -0.3 is 4.74 Å². The largest absolute Gasteiger partial charge is 0.495 e. The Hall–Kier alpha value is -3.03. The van der Waals surface area contributed by atoms with E-state index in [0.717, 1.165) is 28.0 Å². The summed E-state index contributed by atoms with van der Waals surface area (Å²) >= 11 is 18.2. The van der Waals surface area contributed by atoms with Crippen molar-refractivity contribution in [2.75, 3.05) is 7.11 Å². The van der Waals surface area contributed by atoms with Crippen LogP contribution in [-0.2, 0) is 21.2 Å². The number of ether oxygens (including phenoxy) is 1. The van der Waals surface area contributed by atoms with Gasteiger partial charge in [0.2, 0.25) is 0 Å². The van der Waals surface area contributed by atoms with E-state index < -0.39 is 15.9 Å². The lowest BCUT2D eigenvalue weighted by Gasteiger charge is -2.10. The van der Waals surface area contributed by atoms with Crippen molar-refractivity contribution >= 4 is 67.6 Å². The maximum atomic E-state index is 12.7. The van der Waals surface area contributed by atoms with E-state index in [9.17, 15) is 13.2 Å². The standard InChI is InChI=1S/C27H20Cl3NO4S/c1-35-25-10-9-24(30)16-26(25)36(33,34)31-27(32)11-6-21-15-23(29)8-5-19(21)13-17-2-3-20-14-22(28)7-4-18(20)12-17/h2-12,14-16H,13H2,1H3,(H,31,32)/b11-6+. The van der Waals surface area contributed by atoms with Crippen molar-refractivity contribution in [3.63, 3.8) is 0 Å². The molecule has 0 saturated carbocycles. The van der Waals surface area contributed by atoms with Crippen LogP contribution in [0.15, 0.2) is 83.8 Å². The first-order chi connectivity index (χ1) is 17.1. The summed E-state index contributed by atoms with van der Waals surface area (Å²) in [6.07, 6.45) is 3.25. The minimum absolute atomic E-state index is 0.0680. The second-order valence-electron chi connectivity index (χ2n) is 7.94. The molecule has 36 heavy (non-hydrogen) atoms. The van der Waals surface area contributed by atoms with Gasteiger partial charge in [0.25, 0.3) is 15.9 Å². The number of benzene rings is 4. The lowest BCUT2D eigenvalue weighted by Crippen LogP contribution is -2.29. The average Bonchev–Trinajstić information content (AvgIpc) is 2.84. The Labute approximate surface area is 224 Å². The third-order valence-corrected chi connectivity index (χ3v) is 7.51. The molecule has 0 spiro atoms. The Kier molecular flexibility index (Phi) is 7.91. The summed E-state index contributed by atoms with van der Waals surface area (Å²) in [6, 6.07) is 21.3. The smallest absolute Gasteiger partial charge is 0.268 e. The number of sulfonamides is 1. The Morgan fingerprint density at radius 1 is 0.861 bits per heavy atom. The van der Waals surface area contributed by atoms with E-state index in [0.29, 0.717) is 22.0 Å². The van der Waals surface area contributed by atoms with Crippen LogP contribution in [0.4, 0.5) is 0 Å². The highest BCUT2D eigenvalue weighted by molar-refractivity contribution is 7.90. The molecule has 0 radical (unpaired) electrons. The van der Waals surface area contributed by atoms with Gasteiger partial charge in [0.1, 0.15) is 10.6 Å². The number of hydrogen-bond acceptors (Lipinski definition) is 4. The molecule has 184 valence electrons. The molecule has 9 heteroatoms. The fraction of sp³-hybridized carbons (Fsp3) is 0.0741. The molecule has 4 aromatic rings. The first-order valence-electron chi connectivity index (χ1n) is 10.7. The van der Waals surface area contributed by atoms with Crippen LogP contribution in [0.2, 0.25) is 15.1 Å². The highest BCUT2D eigenvalue weighted by Crippen LogP contribution is 2.27. The fourth-order valence-electron chi connectivity index (χ4n) is 3.73. The van der Waals surface area contributed by atoms with Crippen molar-refractivity contribution in [1.82, 2.24) is 4.72 Å². The van der Waals surface area contributed by atoms with Gasteiger partial charge in [-0.25, -0.2) is 13.1 Å². The Morgan fingerprint density at radius 2 is 1.50 bits per heavy atom. The molecule has 0 aliphatic heterocycles. The zero-order valence-electron chi connectivity index (χ0n) is 19.0. The number of amides is 1. The SMILES string of the molecule is COc1ccc(Cl)cc1S(=O)(=O)NC(=O)/C=C/c1cc(Cl)ccc1Cc1ccc2cc(Cl)ccc2c1. The number of rotatable bonds is 7. The summed E-state index contributed by atoms with van der Waals surface area (Å²) < 4.78 is 32.6. The van der Waals surface area contributed by atoms with Crippen molar-refractivity contribution in [2.45, 2.75) is 11.3 Å². The van der Waals surface area contributed by atoms with Gasteiger partial charge >= 0.3 is 0 Å². The van der Waals surface area contributed by atoms with Crippen LogP contribution in [0.25, 0.3) is 16.8 Å². The van der Waals surface area contributed by atoms with E-state index in [4.69, 9.17) is 39.5 Å². The van der Waals surface area contributed by atoms with Crippen LogP contribution < -0.4 is 9.46 Å². The number of methoxy groups -OCH3 is 1. The summed E-state index contributed by atoms with van der Waals surface area (Å²) in [5, 5.41) is 3.46. The lowest BCUT2D eigenvalue weighted by molar-refractivity contribution is -0.114. The fourth-order valence-corrected chi connectivity index (χ4v) is 5.46. The van der Waals surface area contributed by atoms with Crippen molar-refractivity contribution in [3.05, 3.63) is 111 Å². The van der Waals surface area contributed by atoms with Crippen molar-refractivity contribution < 1.29 is 17.9 Å². The second-order valence-corrected chi connectivity index (χ2v) is 10.9. The molecule has 0 aliphatic rings. The Morgan fingerprint density at radius 3 is 2.28 bits per heavy atom. The van der Waals surface area contributed by atoms with Crippen LogP contribution in [0.3, 0.4) is 0 Å². The molecule has 4 aromatic carbocycles. The van der Waals surface area contributed by atoms with Crippen LogP contribution in [0, 0.1) is 0 Å². The minimum atomic E-state index is -4.22. The molecule has 1 amide bonds. The minimum Gasteiger partial charge on any atom is -0.495 e. The van der Waals surface area contributed by atoms with Crippen molar-refractivity contribution in [2.24, 2.45) is 0 Å². The highest BCUT2D eigenvalue weighted by Gasteiger charge is 2.21. The predicted octanol–water partition coefficient (Wildman–Crippen LogP) is 6.92. The van der Waals surface area contributed by atoms with Crippen LogP contribution >= 0.6 is 34.8 Å². The van der Waals surface area contributed by atoms with Gasteiger partial charge in [-0.2, -0.15) is 0 Å². The third-order valence-electron chi connectivity index (χ3n) is 5.43. The zero-order chi connectivity index (χ0) is 25.9. The molecule has 0 heterocycles.